The molecule has 0 aliphatic rings. The normalized spacial score (nSPS) is 10.6. The number of hydrogen-bond donors (Lipinski definition) is 1. The van der Waals surface area contributed by atoms with Gasteiger partial charge < -0.3 is 14.8 Å². The van der Waals surface area contributed by atoms with Crippen LogP contribution in [0.3, 0.4) is 0 Å². The second-order valence-electron chi connectivity index (χ2n) is 3.70. The largest absolute Gasteiger partial charge is 0.481 e. The van der Waals surface area contributed by atoms with Gasteiger partial charge in [0.05, 0.1) is 25.4 Å². The van der Waals surface area contributed by atoms with Crippen LogP contribution >= 0.6 is 0 Å². The number of nitrogens with one attached hydrogen (secondary N) is 1. The molecule has 0 unspecified atom stereocenters. The number of nitrogens with zero attached hydrogens (tertiary/aromatic N) is 2. The molecule has 0 saturated carbocycles. The fourth-order valence-electron chi connectivity index (χ4n) is 1.28. The zero-order chi connectivity index (χ0) is 12.0. The molecule has 0 spiro atoms. The van der Waals surface area contributed by atoms with E-state index < -0.39 is 0 Å². The maximum Gasteiger partial charge on any atom is 0.221 e. The van der Waals surface area contributed by atoms with Crippen molar-refractivity contribution < 1.29 is 9.47 Å². The van der Waals surface area contributed by atoms with Crippen molar-refractivity contribution in [2.45, 2.75) is 26.9 Å². The molecular formula is C11H19N3O2. The van der Waals surface area contributed by atoms with Gasteiger partial charge in [-0.15, -0.1) is 0 Å². The highest BCUT2D eigenvalue weighted by atomic mass is 16.5. The van der Waals surface area contributed by atoms with Crippen molar-refractivity contribution >= 4 is 5.82 Å². The van der Waals surface area contributed by atoms with Gasteiger partial charge in [-0.2, -0.15) is 0 Å². The minimum absolute atomic E-state index is 0.253. The summed E-state index contributed by atoms with van der Waals surface area (Å²) in [7, 11) is 1.60. The third kappa shape index (κ3) is 3.66. The Morgan fingerprint density at radius 2 is 2.12 bits per heavy atom. The summed E-state index contributed by atoms with van der Waals surface area (Å²) in [6.07, 6.45) is 1.74. The average Bonchev–Trinajstić information content (AvgIpc) is 2.26. The van der Waals surface area contributed by atoms with E-state index in [9.17, 15) is 0 Å². The summed E-state index contributed by atoms with van der Waals surface area (Å²) in [5.41, 5.74) is 0.912. The molecule has 0 atom stereocenters. The quantitative estimate of drug-likeness (QED) is 0.746. The fourth-order valence-corrected chi connectivity index (χ4v) is 1.28. The van der Waals surface area contributed by atoms with Gasteiger partial charge in [0, 0.05) is 6.54 Å². The highest BCUT2D eigenvalue weighted by Crippen LogP contribution is 2.19. The number of rotatable bonds is 6. The lowest BCUT2D eigenvalue weighted by molar-refractivity contribution is 0.0870. The average molecular weight is 225 g/mol. The molecule has 1 aromatic heterocycles. The van der Waals surface area contributed by atoms with Crippen LogP contribution in [-0.2, 0) is 4.74 Å². The van der Waals surface area contributed by atoms with Crippen LogP contribution < -0.4 is 10.1 Å². The van der Waals surface area contributed by atoms with Gasteiger partial charge in [0.15, 0.2) is 0 Å². The van der Waals surface area contributed by atoms with Crippen LogP contribution in [0, 0.1) is 6.92 Å². The molecule has 0 aliphatic heterocycles. The molecule has 0 fully saturated rings. The lowest BCUT2D eigenvalue weighted by Gasteiger charge is -2.11. The van der Waals surface area contributed by atoms with Crippen LogP contribution in [-0.4, -0.2) is 36.3 Å². The molecule has 1 N–H and O–H groups in total. The summed E-state index contributed by atoms with van der Waals surface area (Å²) in [6.45, 7) is 7.32. The Morgan fingerprint density at radius 1 is 1.38 bits per heavy atom. The Morgan fingerprint density at radius 3 is 2.75 bits per heavy atom. The minimum atomic E-state index is 0.253. The molecule has 5 nitrogen and oxygen atoms in total. The van der Waals surface area contributed by atoms with E-state index in [2.05, 4.69) is 15.3 Å². The van der Waals surface area contributed by atoms with Gasteiger partial charge in [0.25, 0.3) is 0 Å². The SMILES string of the molecule is COc1ncnc(NCCOC(C)C)c1C. The zero-order valence-electron chi connectivity index (χ0n) is 10.3. The highest BCUT2D eigenvalue weighted by Gasteiger charge is 2.06. The summed E-state index contributed by atoms with van der Waals surface area (Å²) >= 11 is 0. The Balaban J connectivity index is 2.47. The third-order valence-corrected chi connectivity index (χ3v) is 2.08. The second kappa shape index (κ2) is 6.27. The first-order valence-electron chi connectivity index (χ1n) is 5.36. The minimum Gasteiger partial charge on any atom is -0.481 e. The molecule has 16 heavy (non-hydrogen) atoms. The van der Waals surface area contributed by atoms with Crippen molar-refractivity contribution in [1.82, 2.24) is 9.97 Å². The summed E-state index contributed by atoms with van der Waals surface area (Å²) in [4.78, 5) is 8.16. The molecule has 5 heteroatoms. The predicted octanol–water partition coefficient (Wildman–Crippen LogP) is 1.63. The van der Waals surface area contributed by atoms with Gasteiger partial charge in [0.1, 0.15) is 12.1 Å². The summed E-state index contributed by atoms with van der Waals surface area (Å²) in [5.74, 6) is 1.39. The van der Waals surface area contributed by atoms with Gasteiger partial charge in [0.2, 0.25) is 5.88 Å². The Hall–Kier alpha value is -1.36. The van der Waals surface area contributed by atoms with Gasteiger partial charge in [-0.3, -0.25) is 0 Å². The van der Waals surface area contributed by atoms with E-state index in [1.54, 1.807) is 7.11 Å². The number of aromatic nitrogens is 2. The van der Waals surface area contributed by atoms with Crippen molar-refractivity contribution in [2.75, 3.05) is 25.6 Å². The zero-order valence-corrected chi connectivity index (χ0v) is 10.3. The third-order valence-electron chi connectivity index (χ3n) is 2.08. The van der Waals surface area contributed by atoms with Crippen molar-refractivity contribution in [3.63, 3.8) is 0 Å². The molecule has 0 aromatic carbocycles. The molecule has 0 bridgehead atoms. The van der Waals surface area contributed by atoms with E-state index in [1.165, 1.54) is 6.33 Å². The maximum atomic E-state index is 5.42. The number of ether oxygens (including phenoxy) is 2. The highest BCUT2D eigenvalue weighted by molar-refractivity contribution is 5.47. The van der Waals surface area contributed by atoms with Crippen LogP contribution in [0.4, 0.5) is 5.82 Å². The summed E-state index contributed by atoms with van der Waals surface area (Å²) in [6, 6.07) is 0. The topological polar surface area (TPSA) is 56.3 Å². The van der Waals surface area contributed by atoms with Crippen LogP contribution in [0.5, 0.6) is 5.88 Å². The summed E-state index contributed by atoms with van der Waals surface area (Å²) < 4.78 is 10.5. The summed E-state index contributed by atoms with van der Waals surface area (Å²) in [5, 5.41) is 3.19. The number of hydrogen-bond acceptors (Lipinski definition) is 5. The van der Waals surface area contributed by atoms with E-state index in [-0.39, 0.29) is 6.10 Å². The van der Waals surface area contributed by atoms with E-state index in [4.69, 9.17) is 9.47 Å². The lowest BCUT2D eigenvalue weighted by atomic mass is 10.3. The standard InChI is InChI=1S/C11H19N3O2/c1-8(2)16-6-5-12-10-9(3)11(15-4)14-7-13-10/h7-8H,5-6H2,1-4H3,(H,12,13,14). The molecular weight excluding hydrogens is 206 g/mol. The predicted molar refractivity (Wildman–Crippen MR) is 62.9 cm³/mol. The second-order valence-corrected chi connectivity index (χ2v) is 3.70. The molecule has 0 aliphatic carbocycles. The molecule has 0 amide bonds. The Kier molecular flexibility index (Phi) is 4.98. The number of anilines is 1. The van der Waals surface area contributed by atoms with Crippen molar-refractivity contribution in [3.8, 4) is 5.88 Å². The van der Waals surface area contributed by atoms with Crippen LogP contribution in [0.15, 0.2) is 6.33 Å². The fraction of sp³-hybridized carbons (Fsp3) is 0.636. The van der Waals surface area contributed by atoms with Crippen molar-refractivity contribution in [2.24, 2.45) is 0 Å². The molecule has 0 saturated heterocycles. The maximum absolute atomic E-state index is 5.42. The van der Waals surface area contributed by atoms with E-state index >= 15 is 0 Å². The Labute approximate surface area is 96.2 Å². The van der Waals surface area contributed by atoms with Gasteiger partial charge >= 0.3 is 0 Å². The molecule has 1 heterocycles. The van der Waals surface area contributed by atoms with Crippen LogP contribution in [0.1, 0.15) is 19.4 Å². The number of methoxy groups -OCH3 is 1. The van der Waals surface area contributed by atoms with Crippen LogP contribution in [0.25, 0.3) is 0 Å². The first-order valence-corrected chi connectivity index (χ1v) is 5.36. The van der Waals surface area contributed by atoms with E-state index in [0.717, 1.165) is 17.9 Å². The monoisotopic (exact) mass is 225 g/mol. The van der Waals surface area contributed by atoms with Crippen LogP contribution in [0.2, 0.25) is 0 Å². The molecule has 1 rings (SSSR count). The molecule has 0 radical (unpaired) electrons. The smallest absolute Gasteiger partial charge is 0.221 e. The first kappa shape index (κ1) is 12.7. The van der Waals surface area contributed by atoms with Gasteiger partial charge in [-0.05, 0) is 20.8 Å². The lowest BCUT2D eigenvalue weighted by Crippen LogP contribution is -2.14. The van der Waals surface area contributed by atoms with Crippen molar-refractivity contribution in [1.29, 1.82) is 0 Å². The van der Waals surface area contributed by atoms with E-state index in [0.29, 0.717) is 12.5 Å². The van der Waals surface area contributed by atoms with E-state index in [1.807, 2.05) is 20.8 Å². The molecule has 90 valence electrons. The Bertz CT molecular complexity index is 329. The first-order chi connectivity index (χ1) is 7.65. The van der Waals surface area contributed by atoms with Crippen molar-refractivity contribution in [3.05, 3.63) is 11.9 Å². The van der Waals surface area contributed by atoms with Gasteiger partial charge in [-0.1, -0.05) is 0 Å². The molecule has 1 aromatic rings. The van der Waals surface area contributed by atoms with Gasteiger partial charge in [-0.25, -0.2) is 9.97 Å².